The number of nitrogens with zero attached hydrogens (tertiary/aromatic N) is 1. The third kappa shape index (κ3) is 3.31. The summed E-state index contributed by atoms with van der Waals surface area (Å²) in [5.41, 5.74) is 0. The maximum atomic E-state index is 12.6. The Morgan fingerprint density at radius 1 is 1.21 bits per heavy atom. The topological polar surface area (TPSA) is 32.3 Å². The first kappa shape index (κ1) is 14.8. The molecular formula is C16H30N2O. The van der Waals surface area contributed by atoms with Crippen LogP contribution in [0.1, 0.15) is 72.1 Å². The van der Waals surface area contributed by atoms with E-state index in [0.29, 0.717) is 11.9 Å². The van der Waals surface area contributed by atoms with Crippen molar-refractivity contribution in [2.75, 3.05) is 0 Å². The maximum absolute atomic E-state index is 12.6. The van der Waals surface area contributed by atoms with E-state index in [1.54, 1.807) is 0 Å². The minimum absolute atomic E-state index is 0.0793. The van der Waals surface area contributed by atoms with Crippen molar-refractivity contribution in [3.05, 3.63) is 0 Å². The second kappa shape index (κ2) is 6.74. The van der Waals surface area contributed by atoms with Crippen molar-refractivity contribution < 1.29 is 4.79 Å². The Balaban J connectivity index is 2.05. The molecule has 2 aliphatic rings. The van der Waals surface area contributed by atoms with Gasteiger partial charge in [-0.3, -0.25) is 10.1 Å². The molecule has 2 fully saturated rings. The van der Waals surface area contributed by atoms with Gasteiger partial charge in [-0.2, -0.15) is 0 Å². The summed E-state index contributed by atoms with van der Waals surface area (Å²) in [5, 5.41) is 3.55. The van der Waals surface area contributed by atoms with Crippen LogP contribution in [0, 0.1) is 5.92 Å². The standard InChI is InChI=1S/C16H30N2O/c1-4-7-14-16(19)18(15(5-2)17-14)13-9-6-8-12(3)10-11-13/h12-15,17H,4-11H2,1-3H3. The fourth-order valence-corrected chi connectivity index (χ4v) is 3.71. The van der Waals surface area contributed by atoms with Crippen LogP contribution >= 0.6 is 0 Å². The van der Waals surface area contributed by atoms with Gasteiger partial charge < -0.3 is 4.90 Å². The van der Waals surface area contributed by atoms with Crippen LogP contribution in [0.15, 0.2) is 0 Å². The lowest BCUT2D eigenvalue weighted by Crippen LogP contribution is -2.44. The second-order valence-electron chi connectivity index (χ2n) is 6.44. The van der Waals surface area contributed by atoms with E-state index in [2.05, 4.69) is 31.0 Å². The van der Waals surface area contributed by atoms with E-state index in [1.807, 2.05) is 0 Å². The molecule has 0 radical (unpaired) electrons. The molecule has 1 aliphatic carbocycles. The molecular weight excluding hydrogens is 236 g/mol. The number of carbonyl (C=O) groups excluding carboxylic acids is 1. The molecule has 1 aliphatic heterocycles. The molecule has 4 atom stereocenters. The SMILES string of the molecule is CCCC1NC(CC)N(C2CCCC(C)CC2)C1=O. The summed E-state index contributed by atoms with van der Waals surface area (Å²) in [4.78, 5) is 14.8. The summed E-state index contributed by atoms with van der Waals surface area (Å²) in [6, 6.07) is 0.562. The van der Waals surface area contributed by atoms with Crippen molar-refractivity contribution in [2.24, 2.45) is 5.92 Å². The molecule has 4 unspecified atom stereocenters. The van der Waals surface area contributed by atoms with E-state index < -0.39 is 0 Å². The first-order chi connectivity index (χ1) is 9.17. The Labute approximate surface area is 118 Å². The highest BCUT2D eigenvalue weighted by Gasteiger charge is 2.41. The lowest BCUT2D eigenvalue weighted by atomic mass is 10.0. The third-order valence-corrected chi connectivity index (χ3v) is 4.87. The molecule has 1 heterocycles. The number of carbonyl (C=O) groups is 1. The molecule has 110 valence electrons. The van der Waals surface area contributed by atoms with Crippen molar-refractivity contribution >= 4 is 5.91 Å². The van der Waals surface area contributed by atoms with Crippen LogP contribution in [0.25, 0.3) is 0 Å². The van der Waals surface area contributed by atoms with Gasteiger partial charge in [0.05, 0.1) is 12.2 Å². The highest BCUT2D eigenvalue weighted by molar-refractivity contribution is 5.84. The van der Waals surface area contributed by atoms with E-state index in [4.69, 9.17) is 0 Å². The number of hydrogen-bond donors (Lipinski definition) is 1. The molecule has 0 bridgehead atoms. The third-order valence-electron chi connectivity index (χ3n) is 4.87. The molecule has 19 heavy (non-hydrogen) atoms. The Morgan fingerprint density at radius 3 is 2.68 bits per heavy atom. The van der Waals surface area contributed by atoms with Gasteiger partial charge in [0, 0.05) is 6.04 Å². The average Bonchev–Trinajstić information content (AvgIpc) is 2.57. The van der Waals surface area contributed by atoms with Crippen LogP contribution in [0.3, 0.4) is 0 Å². The Kier molecular flexibility index (Phi) is 5.26. The van der Waals surface area contributed by atoms with Crippen molar-refractivity contribution in [3.8, 4) is 0 Å². The zero-order valence-corrected chi connectivity index (χ0v) is 12.8. The van der Waals surface area contributed by atoms with Gasteiger partial charge in [-0.1, -0.05) is 40.0 Å². The van der Waals surface area contributed by atoms with Gasteiger partial charge in [-0.25, -0.2) is 0 Å². The van der Waals surface area contributed by atoms with Gasteiger partial charge in [-0.05, 0) is 38.0 Å². The van der Waals surface area contributed by atoms with Gasteiger partial charge in [0.25, 0.3) is 0 Å². The summed E-state index contributed by atoms with van der Waals surface area (Å²) in [6.07, 6.45) is 9.66. The molecule has 3 nitrogen and oxygen atoms in total. The normalized spacial score (nSPS) is 36.6. The predicted octanol–water partition coefficient (Wildman–Crippen LogP) is 3.29. The molecule has 1 saturated heterocycles. The van der Waals surface area contributed by atoms with E-state index in [9.17, 15) is 4.79 Å². The highest BCUT2D eigenvalue weighted by Crippen LogP contribution is 2.30. The molecule has 1 saturated carbocycles. The summed E-state index contributed by atoms with van der Waals surface area (Å²) in [6.45, 7) is 6.70. The van der Waals surface area contributed by atoms with Gasteiger partial charge in [-0.15, -0.1) is 0 Å². The lowest BCUT2D eigenvalue weighted by molar-refractivity contribution is -0.132. The van der Waals surface area contributed by atoms with Crippen molar-refractivity contribution in [1.82, 2.24) is 10.2 Å². The molecule has 0 aromatic rings. The van der Waals surface area contributed by atoms with Crippen LogP contribution in [-0.4, -0.2) is 29.1 Å². The Morgan fingerprint density at radius 2 is 2.00 bits per heavy atom. The predicted molar refractivity (Wildman–Crippen MR) is 78.8 cm³/mol. The summed E-state index contributed by atoms with van der Waals surface area (Å²) < 4.78 is 0. The highest BCUT2D eigenvalue weighted by atomic mass is 16.2. The minimum atomic E-state index is 0.0793. The van der Waals surface area contributed by atoms with Crippen molar-refractivity contribution in [2.45, 2.75) is 90.4 Å². The van der Waals surface area contributed by atoms with Gasteiger partial charge in [0.1, 0.15) is 0 Å². The van der Waals surface area contributed by atoms with Crippen LogP contribution in [0.2, 0.25) is 0 Å². The van der Waals surface area contributed by atoms with Crippen molar-refractivity contribution in [3.63, 3.8) is 0 Å². The number of amides is 1. The van der Waals surface area contributed by atoms with E-state index in [0.717, 1.165) is 25.2 Å². The summed E-state index contributed by atoms with van der Waals surface area (Å²) in [5.74, 6) is 1.20. The first-order valence-corrected chi connectivity index (χ1v) is 8.25. The van der Waals surface area contributed by atoms with Crippen LogP contribution < -0.4 is 5.32 Å². The van der Waals surface area contributed by atoms with E-state index >= 15 is 0 Å². The monoisotopic (exact) mass is 266 g/mol. The number of nitrogens with one attached hydrogen (secondary N) is 1. The Bertz CT molecular complexity index is 305. The first-order valence-electron chi connectivity index (χ1n) is 8.25. The molecule has 0 spiro atoms. The fraction of sp³-hybridized carbons (Fsp3) is 0.938. The van der Waals surface area contributed by atoms with Gasteiger partial charge in [0.2, 0.25) is 5.91 Å². The van der Waals surface area contributed by atoms with Crippen LogP contribution in [0.4, 0.5) is 0 Å². The second-order valence-corrected chi connectivity index (χ2v) is 6.44. The van der Waals surface area contributed by atoms with Crippen LogP contribution in [-0.2, 0) is 4.79 Å². The summed E-state index contributed by atoms with van der Waals surface area (Å²) in [7, 11) is 0. The molecule has 0 aromatic heterocycles. The summed E-state index contributed by atoms with van der Waals surface area (Å²) >= 11 is 0. The zero-order chi connectivity index (χ0) is 13.8. The molecule has 1 N–H and O–H groups in total. The fourth-order valence-electron chi connectivity index (χ4n) is 3.71. The van der Waals surface area contributed by atoms with Crippen molar-refractivity contribution in [1.29, 1.82) is 0 Å². The zero-order valence-electron chi connectivity index (χ0n) is 12.8. The number of rotatable bonds is 4. The van der Waals surface area contributed by atoms with Gasteiger partial charge in [0.15, 0.2) is 0 Å². The largest absolute Gasteiger partial charge is 0.323 e. The minimum Gasteiger partial charge on any atom is -0.323 e. The maximum Gasteiger partial charge on any atom is 0.241 e. The molecule has 0 aromatic carbocycles. The molecule has 3 heteroatoms. The smallest absolute Gasteiger partial charge is 0.241 e. The van der Waals surface area contributed by atoms with E-state index in [1.165, 1.54) is 32.1 Å². The lowest BCUT2D eigenvalue weighted by Gasteiger charge is -2.32. The van der Waals surface area contributed by atoms with Gasteiger partial charge >= 0.3 is 0 Å². The number of hydrogen-bond acceptors (Lipinski definition) is 2. The van der Waals surface area contributed by atoms with E-state index in [-0.39, 0.29) is 12.2 Å². The Hall–Kier alpha value is -0.570. The van der Waals surface area contributed by atoms with Crippen LogP contribution in [0.5, 0.6) is 0 Å². The quantitative estimate of drug-likeness (QED) is 0.792. The average molecular weight is 266 g/mol. The molecule has 1 amide bonds. The molecule has 2 rings (SSSR count).